The predicted octanol–water partition coefficient (Wildman–Crippen LogP) is 6.52. The van der Waals surface area contributed by atoms with Crippen LogP contribution in [-0.2, 0) is 23.1 Å². The van der Waals surface area contributed by atoms with E-state index >= 15 is 0 Å². The number of carbonyl (C=O) groups excluding carboxylic acids is 1. The van der Waals surface area contributed by atoms with Gasteiger partial charge in [-0.3, -0.25) is 9.59 Å². The van der Waals surface area contributed by atoms with Crippen molar-refractivity contribution in [2.45, 2.75) is 63.7 Å². The van der Waals surface area contributed by atoms with Gasteiger partial charge in [0.2, 0.25) is 0 Å². The number of rotatable bonds is 7. The van der Waals surface area contributed by atoms with Gasteiger partial charge in [-0.05, 0) is 81.2 Å². The fourth-order valence-corrected chi connectivity index (χ4v) is 6.57. The average Bonchev–Trinajstić information content (AvgIpc) is 3.39. The summed E-state index contributed by atoms with van der Waals surface area (Å²) in [6.45, 7) is 3.57. The molecule has 6 rings (SSSR count). The van der Waals surface area contributed by atoms with Crippen molar-refractivity contribution in [1.29, 1.82) is 0 Å². The smallest absolute Gasteiger partial charge is 0.303 e. The van der Waals surface area contributed by atoms with Crippen LogP contribution >= 0.6 is 0 Å². The molecule has 204 valence electrons. The lowest BCUT2D eigenvalue weighted by atomic mass is 9.69. The first-order chi connectivity index (χ1) is 19.4. The monoisotopic (exact) mass is 533 g/mol. The van der Waals surface area contributed by atoms with Crippen LogP contribution in [0.3, 0.4) is 0 Å². The fraction of sp³-hybridized carbons (Fsp3) is 0.353. The summed E-state index contributed by atoms with van der Waals surface area (Å²) in [5.41, 5.74) is 8.83. The molecule has 0 saturated carbocycles. The Bertz CT molecular complexity index is 1580. The Morgan fingerprint density at radius 2 is 1.77 bits per heavy atom. The Morgan fingerprint density at radius 3 is 2.60 bits per heavy atom. The topological polar surface area (TPSA) is 83.4 Å². The molecule has 1 saturated heterocycles. The lowest BCUT2D eigenvalue weighted by molar-refractivity contribution is -0.137. The third-order valence-electron chi connectivity index (χ3n) is 8.69. The maximum atomic E-state index is 13.7. The zero-order chi connectivity index (χ0) is 27.7. The molecule has 1 aromatic heterocycles. The first-order valence-electron chi connectivity index (χ1n) is 14.4. The second kappa shape index (κ2) is 10.8. The summed E-state index contributed by atoms with van der Waals surface area (Å²) in [5.74, 6) is -0.735. The fourth-order valence-electron chi connectivity index (χ4n) is 6.57. The maximum absolute atomic E-state index is 13.7. The van der Waals surface area contributed by atoms with E-state index in [9.17, 15) is 9.59 Å². The third kappa shape index (κ3) is 5.10. The minimum atomic E-state index is -0.785. The van der Waals surface area contributed by atoms with E-state index in [2.05, 4.69) is 55.5 Å². The van der Waals surface area contributed by atoms with Crippen molar-refractivity contribution in [3.8, 4) is 11.3 Å². The van der Waals surface area contributed by atoms with Gasteiger partial charge in [0.1, 0.15) is 0 Å². The number of unbranched alkanes of at least 4 members (excludes halogenated alkanes) is 1. The van der Waals surface area contributed by atoms with E-state index in [4.69, 9.17) is 15.1 Å². The predicted molar refractivity (Wildman–Crippen MR) is 156 cm³/mol. The minimum Gasteiger partial charge on any atom is -0.481 e. The normalized spacial score (nSPS) is 18.3. The Hall–Kier alpha value is -4.06. The molecule has 1 N–H and O–H groups in total. The summed E-state index contributed by atoms with van der Waals surface area (Å²) in [6, 6.07) is 22.6. The lowest BCUT2D eigenvalue weighted by Crippen LogP contribution is -2.36. The van der Waals surface area contributed by atoms with Crippen LogP contribution in [0, 0.1) is 6.92 Å². The first-order valence-corrected chi connectivity index (χ1v) is 14.4. The number of carbonyl (C=O) groups is 2. The zero-order valence-corrected chi connectivity index (χ0v) is 23.0. The number of carboxylic acids is 1. The molecule has 0 bridgehead atoms. The highest BCUT2D eigenvalue weighted by Crippen LogP contribution is 2.44. The molecule has 1 unspecified atom stereocenters. The number of nitrogens with zero attached hydrogens (tertiary/aromatic N) is 3. The number of aliphatic carboxylic acids is 1. The van der Waals surface area contributed by atoms with Gasteiger partial charge in [-0.15, -0.1) is 0 Å². The van der Waals surface area contributed by atoms with Crippen LogP contribution < -0.4 is 0 Å². The van der Waals surface area contributed by atoms with Crippen LogP contribution in [0.15, 0.2) is 66.7 Å². The number of aromatic nitrogens is 2. The molecule has 40 heavy (non-hydrogen) atoms. The molecule has 1 fully saturated rings. The van der Waals surface area contributed by atoms with Gasteiger partial charge >= 0.3 is 5.97 Å². The van der Waals surface area contributed by atoms with E-state index < -0.39 is 5.97 Å². The number of fused-ring (bicyclic) bond motifs is 3. The molecule has 1 aliphatic heterocycles. The van der Waals surface area contributed by atoms with Crippen LogP contribution in [0.5, 0.6) is 0 Å². The molecule has 6 nitrogen and oxygen atoms in total. The molecular formula is C34H35N3O3. The Morgan fingerprint density at radius 1 is 0.950 bits per heavy atom. The number of amides is 1. The molecule has 1 atom stereocenters. The van der Waals surface area contributed by atoms with Crippen LogP contribution in [0.4, 0.5) is 0 Å². The SMILES string of the molecule is Cc1ccc(-c2nc3ccc(C(=O)N4CCC5(CCCc6ccccc65)C4)cc3nc2CCCCC(=O)O)cc1. The van der Waals surface area contributed by atoms with Crippen molar-refractivity contribution in [3.63, 3.8) is 0 Å². The van der Waals surface area contributed by atoms with Gasteiger partial charge in [-0.2, -0.15) is 0 Å². The van der Waals surface area contributed by atoms with Crippen molar-refractivity contribution >= 4 is 22.9 Å². The largest absolute Gasteiger partial charge is 0.481 e. The van der Waals surface area contributed by atoms with E-state index in [0.717, 1.165) is 54.8 Å². The third-order valence-corrected chi connectivity index (χ3v) is 8.69. The van der Waals surface area contributed by atoms with Gasteiger partial charge in [-0.1, -0.05) is 54.1 Å². The summed E-state index contributed by atoms with van der Waals surface area (Å²) < 4.78 is 0. The maximum Gasteiger partial charge on any atom is 0.303 e. The Kier molecular flexibility index (Phi) is 7.09. The van der Waals surface area contributed by atoms with Gasteiger partial charge in [0.25, 0.3) is 5.91 Å². The van der Waals surface area contributed by atoms with Gasteiger partial charge < -0.3 is 10.0 Å². The van der Waals surface area contributed by atoms with Crippen molar-refractivity contribution in [3.05, 3.63) is 94.7 Å². The van der Waals surface area contributed by atoms with Gasteiger partial charge in [-0.25, -0.2) is 9.97 Å². The van der Waals surface area contributed by atoms with E-state index in [1.54, 1.807) is 0 Å². The van der Waals surface area contributed by atoms with Gasteiger partial charge in [0.05, 0.1) is 22.4 Å². The quantitative estimate of drug-likeness (QED) is 0.273. The highest BCUT2D eigenvalue weighted by molar-refractivity contribution is 5.97. The van der Waals surface area contributed by atoms with E-state index in [-0.39, 0.29) is 17.7 Å². The summed E-state index contributed by atoms with van der Waals surface area (Å²) in [6.07, 6.45) is 6.49. The molecule has 6 heteroatoms. The summed E-state index contributed by atoms with van der Waals surface area (Å²) in [4.78, 5) is 36.7. The highest BCUT2D eigenvalue weighted by Gasteiger charge is 2.43. The Labute approximate surface area is 235 Å². The molecular weight excluding hydrogens is 498 g/mol. The van der Waals surface area contributed by atoms with Crippen LogP contribution in [0.25, 0.3) is 22.3 Å². The lowest BCUT2D eigenvalue weighted by Gasteiger charge is -2.35. The molecule has 3 aromatic carbocycles. The van der Waals surface area contributed by atoms with E-state index in [1.165, 1.54) is 23.1 Å². The minimum absolute atomic E-state index is 0.0502. The molecule has 2 heterocycles. The van der Waals surface area contributed by atoms with Gasteiger partial charge in [0, 0.05) is 36.1 Å². The van der Waals surface area contributed by atoms with Gasteiger partial charge in [0.15, 0.2) is 0 Å². The van der Waals surface area contributed by atoms with Crippen molar-refractivity contribution in [1.82, 2.24) is 14.9 Å². The summed E-state index contributed by atoms with van der Waals surface area (Å²) in [5, 5.41) is 9.05. The van der Waals surface area contributed by atoms with Crippen LogP contribution in [0.2, 0.25) is 0 Å². The van der Waals surface area contributed by atoms with Crippen LogP contribution in [0.1, 0.15) is 71.3 Å². The molecule has 2 aliphatic rings. The standard InChI is InChI=1S/C34H35N3O3/c1-23-12-14-25(15-13-23)32-29(10-4-5-11-31(38)39)35-30-21-26(16-17-28(30)36-32)33(40)37-20-19-34(22-37)18-6-8-24-7-2-3-9-27(24)34/h2-3,7,9,12-17,21H,4-6,8,10-11,18-20,22H2,1H3,(H,38,39). The van der Waals surface area contributed by atoms with Crippen molar-refractivity contribution in [2.24, 2.45) is 0 Å². The number of likely N-dealkylation sites (tertiary alicyclic amines) is 1. The average molecular weight is 534 g/mol. The van der Waals surface area contributed by atoms with Crippen LogP contribution in [-0.4, -0.2) is 44.9 Å². The first kappa shape index (κ1) is 26.2. The second-order valence-electron chi connectivity index (χ2n) is 11.5. The van der Waals surface area contributed by atoms with Crippen molar-refractivity contribution in [2.75, 3.05) is 13.1 Å². The summed E-state index contributed by atoms with van der Waals surface area (Å²) >= 11 is 0. The number of benzene rings is 3. The zero-order valence-electron chi connectivity index (χ0n) is 23.0. The Balaban J connectivity index is 1.28. The van der Waals surface area contributed by atoms with E-state index in [0.29, 0.717) is 30.3 Å². The molecule has 0 radical (unpaired) electrons. The molecule has 4 aromatic rings. The molecule has 1 spiro atoms. The highest BCUT2D eigenvalue weighted by atomic mass is 16.4. The summed E-state index contributed by atoms with van der Waals surface area (Å²) in [7, 11) is 0. The van der Waals surface area contributed by atoms with Crippen molar-refractivity contribution < 1.29 is 14.7 Å². The number of aryl methyl sites for hydroxylation is 3. The molecule has 1 amide bonds. The molecule has 1 aliphatic carbocycles. The number of carboxylic acid groups (broad SMARTS) is 1. The number of hydrogen-bond acceptors (Lipinski definition) is 4. The van der Waals surface area contributed by atoms with E-state index in [1.807, 2.05) is 23.1 Å². The second-order valence-corrected chi connectivity index (χ2v) is 11.5. The number of hydrogen-bond donors (Lipinski definition) is 1.